The Hall–Kier alpha value is -2.57. The van der Waals surface area contributed by atoms with Gasteiger partial charge in [-0.15, -0.1) is 0 Å². The molecule has 2 atom stereocenters. The minimum Gasteiger partial charge on any atom is -0.445 e. The van der Waals surface area contributed by atoms with Crippen molar-refractivity contribution in [3.05, 3.63) is 35.9 Å². The highest BCUT2D eigenvalue weighted by Crippen LogP contribution is 2.33. The molecule has 0 bridgehead atoms. The van der Waals surface area contributed by atoms with Crippen molar-refractivity contribution >= 4 is 17.9 Å². The van der Waals surface area contributed by atoms with Crippen LogP contribution in [0.3, 0.4) is 0 Å². The first kappa shape index (κ1) is 19.8. The lowest BCUT2D eigenvalue weighted by molar-refractivity contribution is -0.129. The number of nitrogens with two attached hydrogens (primary N) is 1. The van der Waals surface area contributed by atoms with Gasteiger partial charge >= 0.3 is 6.09 Å². The topological polar surface area (TPSA) is 111 Å². The van der Waals surface area contributed by atoms with Gasteiger partial charge in [0.15, 0.2) is 0 Å². The number of carbonyl (C=O) groups excluding carboxylic acids is 3. The molecule has 2 rings (SSSR count). The normalized spacial score (nSPS) is 15.8. The average molecular weight is 361 g/mol. The third-order valence-electron chi connectivity index (χ3n) is 4.36. The SMILES string of the molecule is CC(C)[C@H](NC(=O)OCc1ccccc1)C(=O)N[C@H](CC1CC1)C(N)=O. The highest BCUT2D eigenvalue weighted by Gasteiger charge is 2.32. The number of hydrogen-bond donors (Lipinski definition) is 3. The van der Waals surface area contributed by atoms with Crippen molar-refractivity contribution in [1.29, 1.82) is 0 Å². The maximum Gasteiger partial charge on any atom is 0.408 e. The largest absolute Gasteiger partial charge is 0.445 e. The molecule has 0 heterocycles. The second kappa shape index (κ2) is 9.22. The summed E-state index contributed by atoms with van der Waals surface area (Å²) in [5, 5.41) is 5.24. The van der Waals surface area contributed by atoms with Crippen molar-refractivity contribution in [2.45, 2.75) is 51.8 Å². The van der Waals surface area contributed by atoms with E-state index in [-0.39, 0.29) is 12.5 Å². The molecule has 7 heteroatoms. The molecule has 7 nitrogen and oxygen atoms in total. The molecule has 1 aliphatic carbocycles. The highest BCUT2D eigenvalue weighted by molar-refractivity contribution is 5.90. The predicted octanol–water partition coefficient (Wildman–Crippen LogP) is 1.71. The van der Waals surface area contributed by atoms with E-state index in [2.05, 4.69) is 10.6 Å². The Bertz CT molecular complexity index is 629. The van der Waals surface area contributed by atoms with Gasteiger partial charge in [0.05, 0.1) is 0 Å². The number of hydrogen-bond acceptors (Lipinski definition) is 4. The van der Waals surface area contributed by atoms with E-state index < -0.39 is 30.0 Å². The number of nitrogens with one attached hydrogen (secondary N) is 2. The molecule has 0 spiro atoms. The summed E-state index contributed by atoms with van der Waals surface area (Å²) in [6, 6.07) is 7.75. The molecule has 1 aromatic carbocycles. The molecule has 0 saturated heterocycles. The standard InChI is InChI=1S/C19H27N3O4/c1-12(2)16(18(24)21-15(17(20)23)10-13-8-9-13)22-19(25)26-11-14-6-4-3-5-7-14/h3-7,12-13,15-16H,8-11H2,1-2H3,(H2,20,23)(H,21,24)(H,22,25)/t15-,16+/m1/s1. The molecular formula is C19H27N3O4. The minimum atomic E-state index is -0.806. The predicted molar refractivity (Wildman–Crippen MR) is 96.9 cm³/mol. The van der Waals surface area contributed by atoms with Crippen LogP contribution in [0.1, 0.15) is 38.7 Å². The summed E-state index contributed by atoms with van der Waals surface area (Å²) in [6.45, 7) is 3.73. The van der Waals surface area contributed by atoms with Crippen LogP contribution in [0.25, 0.3) is 0 Å². The summed E-state index contributed by atoms with van der Waals surface area (Å²) in [5.74, 6) is -0.719. The van der Waals surface area contributed by atoms with Crippen LogP contribution < -0.4 is 16.4 Å². The molecule has 0 aliphatic heterocycles. The minimum absolute atomic E-state index is 0.116. The van der Waals surface area contributed by atoms with Crippen LogP contribution >= 0.6 is 0 Å². The average Bonchev–Trinajstić information content (AvgIpc) is 3.41. The second-order valence-electron chi connectivity index (χ2n) is 7.07. The lowest BCUT2D eigenvalue weighted by Crippen LogP contribution is -2.54. The summed E-state index contributed by atoms with van der Waals surface area (Å²) in [4.78, 5) is 36.1. The van der Waals surface area contributed by atoms with Gasteiger partial charge < -0.3 is 21.1 Å². The van der Waals surface area contributed by atoms with Crippen LogP contribution in [0.5, 0.6) is 0 Å². The van der Waals surface area contributed by atoms with Crippen molar-refractivity contribution in [2.24, 2.45) is 17.6 Å². The molecule has 0 aromatic heterocycles. The number of rotatable bonds is 9. The third-order valence-corrected chi connectivity index (χ3v) is 4.36. The summed E-state index contributed by atoms with van der Waals surface area (Å²) >= 11 is 0. The maximum absolute atomic E-state index is 12.5. The zero-order valence-electron chi connectivity index (χ0n) is 15.2. The van der Waals surface area contributed by atoms with Gasteiger partial charge in [-0.3, -0.25) is 9.59 Å². The Labute approximate surface area is 153 Å². The van der Waals surface area contributed by atoms with Crippen molar-refractivity contribution in [1.82, 2.24) is 10.6 Å². The Morgan fingerprint density at radius 1 is 1.15 bits per heavy atom. The molecular weight excluding hydrogens is 334 g/mol. The van der Waals surface area contributed by atoms with Gasteiger partial charge in [-0.05, 0) is 23.8 Å². The quantitative estimate of drug-likeness (QED) is 0.622. The number of ether oxygens (including phenoxy) is 1. The Morgan fingerprint density at radius 3 is 2.35 bits per heavy atom. The van der Waals surface area contributed by atoms with E-state index in [9.17, 15) is 14.4 Å². The van der Waals surface area contributed by atoms with E-state index in [0.717, 1.165) is 18.4 Å². The van der Waals surface area contributed by atoms with Crippen molar-refractivity contribution in [3.63, 3.8) is 0 Å². The maximum atomic E-state index is 12.5. The Kier molecular flexibility index (Phi) is 7.00. The van der Waals surface area contributed by atoms with E-state index in [1.54, 1.807) is 0 Å². The van der Waals surface area contributed by atoms with Gasteiger partial charge in [0.1, 0.15) is 18.7 Å². The Morgan fingerprint density at radius 2 is 1.81 bits per heavy atom. The Balaban J connectivity index is 1.88. The van der Waals surface area contributed by atoms with Crippen LogP contribution in [0, 0.1) is 11.8 Å². The fourth-order valence-electron chi connectivity index (χ4n) is 2.62. The van der Waals surface area contributed by atoms with Crippen LogP contribution in [0.15, 0.2) is 30.3 Å². The molecule has 0 radical (unpaired) electrons. The molecule has 1 saturated carbocycles. The number of benzene rings is 1. The zero-order chi connectivity index (χ0) is 19.1. The van der Waals surface area contributed by atoms with Crippen molar-refractivity contribution < 1.29 is 19.1 Å². The lowest BCUT2D eigenvalue weighted by Gasteiger charge is -2.24. The first-order valence-corrected chi connectivity index (χ1v) is 8.93. The van der Waals surface area contributed by atoms with Gasteiger partial charge in [-0.25, -0.2) is 4.79 Å². The van der Waals surface area contributed by atoms with Gasteiger partial charge in [0.2, 0.25) is 11.8 Å². The molecule has 3 amide bonds. The monoisotopic (exact) mass is 361 g/mol. The van der Waals surface area contributed by atoms with Crippen LogP contribution in [-0.4, -0.2) is 30.0 Å². The summed E-state index contributed by atoms with van der Waals surface area (Å²) < 4.78 is 5.16. The molecule has 1 aliphatic rings. The van der Waals surface area contributed by atoms with Crippen molar-refractivity contribution in [2.75, 3.05) is 0 Å². The summed E-state index contributed by atoms with van der Waals surface area (Å²) in [7, 11) is 0. The van der Waals surface area contributed by atoms with E-state index >= 15 is 0 Å². The zero-order valence-corrected chi connectivity index (χ0v) is 15.2. The number of primary amides is 1. The smallest absolute Gasteiger partial charge is 0.408 e. The first-order chi connectivity index (χ1) is 12.4. The molecule has 1 fully saturated rings. The number of amides is 3. The van der Waals surface area contributed by atoms with E-state index in [1.807, 2.05) is 44.2 Å². The molecule has 142 valence electrons. The molecule has 1 aromatic rings. The fourth-order valence-corrected chi connectivity index (χ4v) is 2.62. The van der Waals surface area contributed by atoms with E-state index in [4.69, 9.17) is 10.5 Å². The number of alkyl carbamates (subject to hydrolysis) is 1. The van der Waals surface area contributed by atoms with E-state index in [0.29, 0.717) is 12.3 Å². The first-order valence-electron chi connectivity index (χ1n) is 8.93. The van der Waals surface area contributed by atoms with Crippen LogP contribution in [0.4, 0.5) is 4.79 Å². The van der Waals surface area contributed by atoms with E-state index in [1.165, 1.54) is 0 Å². The van der Waals surface area contributed by atoms with Gasteiger partial charge in [0, 0.05) is 0 Å². The highest BCUT2D eigenvalue weighted by atomic mass is 16.5. The molecule has 4 N–H and O–H groups in total. The van der Waals surface area contributed by atoms with Crippen molar-refractivity contribution in [3.8, 4) is 0 Å². The van der Waals surface area contributed by atoms with Gasteiger partial charge in [-0.1, -0.05) is 57.0 Å². The van der Waals surface area contributed by atoms with Gasteiger partial charge in [0.25, 0.3) is 0 Å². The molecule has 26 heavy (non-hydrogen) atoms. The van der Waals surface area contributed by atoms with Crippen LogP contribution in [-0.2, 0) is 20.9 Å². The number of carbonyl (C=O) groups is 3. The second-order valence-corrected chi connectivity index (χ2v) is 7.07. The molecule has 0 unspecified atom stereocenters. The third kappa shape index (κ3) is 6.38. The fraction of sp³-hybridized carbons (Fsp3) is 0.526. The summed E-state index contributed by atoms with van der Waals surface area (Å²) in [6.07, 6.45) is 1.97. The lowest BCUT2D eigenvalue weighted by atomic mass is 10.0. The van der Waals surface area contributed by atoms with Gasteiger partial charge in [-0.2, -0.15) is 0 Å². The van der Waals surface area contributed by atoms with Crippen LogP contribution in [0.2, 0.25) is 0 Å². The summed E-state index contributed by atoms with van der Waals surface area (Å²) in [5.41, 5.74) is 6.24.